The lowest BCUT2D eigenvalue weighted by Crippen LogP contribution is -2.55. The van der Waals surface area contributed by atoms with Crippen molar-refractivity contribution in [3.05, 3.63) is 23.8 Å². The topological polar surface area (TPSA) is 109 Å². The number of nitrogens with one attached hydrogen (secondary N) is 1. The van der Waals surface area contributed by atoms with Crippen LogP contribution >= 0.6 is 11.8 Å². The van der Waals surface area contributed by atoms with Gasteiger partial charge in [0.2, 0.25) is 5.82 Å². The molecule has 0 radical (unpaired) electrons. The summed E-state index contributed by atoms with van der Waals surface area (Å²) < 4.78 is 1.45. The van der Waals surface area contributed by atoms with E-state index < -0.39 is 17.4 Å². The minimum Gasteiger partial charge on any atom is -0.479 e. The number of carboxylic acid groups (broad SMARTS) is 1. The molecule has 3 rings (SSSR count). The van der Waals surface area contributed by atoms with E-state index in [1.807, 2.05) is 6.92 Å². The molecule has 21 heavy (non-hydrogen) atoms. The zero-order chi connectivity index (χ0) is 15.0. The summed E-state index contributed by atoms with van der Waals surface area (Å²) >= 11 is 1.50. The Bertz CT molecular complexity index is 723. The van der Waals surface area contributed by atoms with Crippen LogP contribution < -0.4 is 5.32 Å². The van der Waals surface area contributed by atoms with Gasteiger partial charge in [0, 0.05) is 17.6 Å². The first-order valence-corrected chi connectivity index (χ1v) is 7.49. The zero-order valence-corrected chi connectivity index (χ0v) is 12.1. The summed E-state index contributed by atoms with van der Waals surface area (Å²) in [5, 5.41) is 16.0. The van der Waals surface area contributed by atoms with Crippen molar-refractivity contribution >= 4 is 29.4 Å². The van der Waals surface area contributed by atoms with Crippen LogP contribution in [0.1, 0.15) is 22.7 Å². The van der Waals surface area contributed by atoms with Crippen LogP contribution in [0.5, 0.6) is 0 Å². The number of aliphatic carboxylic acids is 1. The third kappa shape index (κ3) is 2.33. The Hall–Kier alpha value is -2.16. The van der Waals surface area contributed by atoms with Gasteiger partial charge < -0.3 is 10.4 Å². The van der Waals surface area contributed by atoms with Crippen molar-refractivity contribution in [1.29, 1.82) is 0 Å². The predicted molar refractivity (Wildman–Crippen MR) is 75.3 cm³/mol. The highest BCUT2D eigenvalue weighted by atomic mass is 32.2. The second kappa shape index (κ2) is 4.99. The van der Waals surface area contributed by atoms with Gasteiger partial charge in [-0.05, 0) is 25.2 Å². The molecule has 3 heterocycles. The third-order valence-electron chi connectivity index (χ3n) is 3.42. The molecular weight excluding hydrogens is 294 g/mol. The molecule has 0 saturated carbocycles. The quantitative estimate of drug-likeness (QED) is 0.829. The van der Waals surface area contributed by atoms with Gasteiger partial charge in [0.1, 0.15) is 5.54 Å². The van der Waals surface area contributed by atoms with E-state index in [9.17, 15) is 14.7 Å². The number of thioether (sulfide) groups is 1. The Balaban J connectivity index is 1.90. The molecule has 9 heteroatoms. The van der Waals surface area contributed by atoms with E-state index in [-0.39, 0.29) is 5.82 Å². The van der Waals surface area contributed by atoms with Crippen molar-refractivity contribution < 1.29 is 14.7 Å². The molecule has 1 unspecified atom stereocenters. The molecule has 1 saturated heterocycles. The number of carbonyl (C=O) groups is 2. The van der Waals surface area contributed by atoms with Gasteiger partial charge in [0.05, 0.1) is 0 Å². The predicted octanol–water partition coefficient (Wildman–Crippen LogP) is 0.123. The molecule has 0 aliphatic carbocycles. The van der Waals surface area contributed by atoms with Gasteiger partial charge in [0.15, 0.2) is 0 Å². The fourth-order valence-electron chi connectivity index (χ4n) is 2.16. The summed E-state index contributed by atoms with van der Waals surface area (Å²) in [5.41, 5.74) is -0.447. The first-order chi connectivity index (χ1) is 10.0. The van der Waals surface area contributed by atoms with Crippen molar-refractivity contribution in [3.63, 3.8) is 0 Å². The summed E-state index contributed by atoms with van der Waals surface area (Å²) in [6.45, 7) is 1.82. The van der Waals surface area contributed by atoms with Crippen LogP contribution in [-0.4, -0.2) is 53.6 Å². The van der Waals surface area contributed by atoms with Crippen LogP contribution in [0.4, 0.5) is 0 Å². The van der Waals surface area contributed by atoms with Crippen LogP contribution in [-0.2, 0) is 4.79 Å². The number of aryl methyl sites for hydroxylation is 1. The summed E-state index contributed by atoms with van der Waals surface area (Å²) in [7, 11) is 0. The fraction of sp³-hybridized carbons (Fsp3) is 0.417. The van der Waals surface area contributed by atoms with Crippen molar-refractivity contribution in [2.24, 2.45) is 0 Å². The van der Waals surface area contributed by atoms with Crippen molar-refractivity contribution in [2.75, 3.05) is 11.5 Å². The fourth-order valence-corrected chi connectivity index (χ4v) is 3.49. The molecule has 110 valence electrons. The molecule has 1 fully saturated rings. The number of hydrogen-bond acceptors (Lipinski definition) is 6. The zero-order valence-electron chi connectivity index (χ0n) is 11.2. The average molecular weight is 307 g/mol. The van der Waals surface area contributed by atoms with E-state index in [1.54, 1.807) is 12.3 Å². The molecule has 0 aromatic carbocycles. The largest absolute Gasteiger partial charge is 0.479 e. The van der Waals surface area contributed by atoms with Crippen molar-refractivity contribution in [2.45, 2.75) is 18.9 Å². The van der Waals surface area contributed by atoms with Gasteiger partial charge in [-0.3, -0.25) is 4.79 Å². The van der Waals surface area contributed by atoms with Gasteiger partial charge in [-0.15, -0.1) is 5.10 Å². The highest BCUT2D eigenvalue weighted by molar-refractivity contribution is 7.99. The molecule has 2 aromatic heterocycles. The standard InChI is InChI=1S/C12H13N5O3S/c1-7-2-4-13-11-14-8(16-17(7)11)9(18)15-12(10(19)20)3-5-21-6-12/h2,4H,3,5-6H2,1H3,(H,15,18)(H,19,20). The van der Waals surface area contributed by atoms with E-state index in [1.165, 1.54) is 16.3 Å². The maximum Gasteiger partial charge on any atom is 0.330 e. The molecule has 1 aliphatic rings. The molecule has 8 nitrogen and oxygen atoms in total. The lowest BCUT2D eigenvalue weighted by atomic mass is 9.99. The van der Waals surface area contributed by atoms with Crippen LogP contribution in [0.2, 0.25) is 0 Å². The third-order valence-corrected chi connectivity index (χ3v) is 4.61. The smallest absolute Gasteiger partial charge is 0.330 e. The molecule has 0 spiro atoms. The van der Waals surface area contributed by atoms with Crippen molar-refractivity contribution in [1.82, 2.24) is 24.9 Å². The number of fused-ring (bicyclic) bond motifs is 1. The minimum atomic E-state index is -1.23. The summed E-state index contributed by atoms with van der Waals surface area (Å²) in [5.74, 6) is -0.340. The lowest BCUT2D eigenvalue weighted by Gasteiger charge is -2.23. The van der Waals surface area contributed by atoms with Gasteiger partial charge in [0.25, 0.3) is 11.7 Å². The lowest BCUT2D eigenvalue weighted by molar-refractivity contribution is -0.143. The number of aromatic nitrogens is 4. The second-order valence-corrected chi connectivity index (χ2v) is 5.98. The van der Waals surface area contributed by atoms with Gasteiger partial charge in [-0.25, -0.2) is 14.3 Å². The maximum absolute atomic E-state index is 12.2. The first-order valence-electron chi connectivity index (χ1n) is 6.34. The van der Waals surface area contributed by atoms with E-state index in [2.05, 4.69) is 20.4 Å². The van der Waals surface area contributed by atoms with E-state index in [0.717, 1.165) is 5.69 Å². The normalized spacial score (nSPS) is 21.6. The van der Waals surface area contributed by atoms with Gasteiger partial charge >= 0.3 is 5.97 Å². The number of hydrogen-bond donors (Lipinski definition) is 2. The molecule has 1 amide bonds. The van der Waals surface area contributed by atoms with Crippen LogP contribution in [0, 0.1) is 6.92 Å². The minimum absolute atomic E-state index is 0.0747. The summed E-state index contributed by atoms with van der Waals surface area (Å²) in [4.78, 5) is 31.7. The molecule has 0 bridgehead atoms. The average Bonchev–Trinajstić information content (AvgIpc) is 3.06. The Morgan fingerprint density at radius 1 is 1.52 bits per heavy atom. The molecule has 2 N–H and O–H groups in total. The van der Waals surface area contributed by atoms with Crippen LogP contribution in [0.3, 0.4) is 0 Å². The first kappa shape index (κ1) is 13.8. The number of carboxylic acids is 1. The molecule has 1 atom stereocenters. The van der Waals surface area contributed by atoms with Crippen LogP contribution in [0.15, 0.2) is 12.3 Å². The summed E-state index contributed by atoms with van der Waals surface area (Å²) in [6, 6.07) is 1.75. The number of carbonyl (C=O) groups excluding carboxylic acids is 1. The van der Waals surface area contributed by atoms with E-state index in [4.69, 9.17) is 0 Å². The Kier molecular flexibility index (Phi) is 3.28. The van der Waals surface area contributed by atoms with E-state index >= 15 is 0 Å². The van der Waals surface area contributed by atoms with Gasteiger partial charge in [-0.2, -0.15) is 16.7 Å². The Morgan fingerprint density at radius 3 is 2.95 bits per heavy atom. The Labute approximate surface area is 124 Å². The van der Waals surface area contributed by atoms with Crippen molar-refractivity contribution in [3.8, 4) is 0 Å². The van der Waals surface area contributed by atoms with Gasteiger partial charge in [-0.1, -0.05) is 0 Å². The number of nitrogens with zero attached hydrogens (tertiary/aromatic N) is 4. The Morgan fingerprint density at radius 2 is 2.33 bits per heavy atom. The maximum atomic E-state index is 12.2. The molecule has 1 aliphatic heterocycles. The second-order valence-electron chi connectivity index (χ2n) is 4.88. The SMILES string of the molecule is Cc1ccnc2nc(C(=O)NC3(C(=O)O)CCSC3)nn12. The number of rotatable bonds is 3. The van der Waals surface area contributed by atoms with Crippen LogP contribution in [0.25, 0.3) is 5.78 Å². The number of amides is 1. The molecular formula is C12H13N5O3S. The van der Waals surface area contributed by atoms with E-state index in [0.29, 0.717) is 23.7 Å². The molecule has 2 aromatic rings. The highest BCUT2D eigenvalue weighted by Gasteiger charge is 2.44. The summed E-state index contributed by atoms with van der Waals surface area (Å²) in [6.07, 6.45) is 1.97. The monoisotopic (exact) mass is 307 g/mol. The highest BCUT2D eigenvalue weighted by Crippen LogP contribution is 2.28.